The summed E-state index contributed by atoms with van der Waals surface area (Å²) in [7, 11) is 0. The molecule has 0 aliphatic carbocycles. The van der Waals surface area contributed by atoms with E-state index in [1.165, 1.54) is 28.8 Å². The molecular weight excluding hydrogens is 492 g/mol. The van der Waals surface area contributed by atoms with Crippen LogP contribution in [0.5, 0.6) is 5.75 Å². The lowest BCUT2D eigenvalue weighted by Gasteiger charge is -2.29. The second-order valence-corrected chi connectivity index (χ2v) is 9.49. The molecular formula is C23H32N4O8S. The Bertz CT molecular complexity index is 958. The Labute approximate surface area is 212 Å². The van der Waals surface area contributed by atoms with Crippen LogP contribution in [0.15, 0.2) is 24.3 Å². The smallest absolute Gasteiger partial charge is 0.326 e. The van der Waals surface area contributed by atoms with E-state index in [-0.39, 0.29) is 25.1 Å². The Morgan fingerprint density at radius 3 is 2.31 bits per heavy atom. The molecule has 198 valence electrons. The number of carboxylic acids is 2. The van der Waals surface area contributed by atoms with Crippen molar-refractivity contribution in [2.45, 2.75) is 56.3 Å². The number of thioether (sulfide) groups is 1. The normalized spacial score (nSPS) is 17.6. The summed E-state index contributed by atoms with van der Waals surface area (Å²) in [5.41, 5.74) is 6.23. The van der Waals surface area contributed by atoms with E-state index in [0.29, 0.717) is 24.2 Å². The van der Waals surface area contributed by atoms with Crippen molar-refractivity contribution in [3.8, 4) is 5.75 Å². The van der Waals surface area contributed by atoms with Crippen molar-refractivity contribution in [1.82, 2.24) is 15.5 Å². The molecule has 0 radical (unpaired) electrons. The molecule has 0 saturated carbocycles. The number of carbonyl (C=O) groups excluding carboxylic acids is 3. The summed E-state index contributed by atoms with van der Waals surface area (Å²) in [6.45, 7) is 0.263. The summed E-state index contributed by atoms with van der Waals surface area (Å²) in [6, 6.07) is 1.34. The average Bonchev–Trinajstić information content (AvgIpc) is 3.32. The lowest BCUT2D eigenvalue weighted by Crippen LogP contribution is -2.57. The van der Waals surface area contributed by atoms with E-state index in [2.05, 4.69) is 10.6 Å². The Morgan fingerprint density at radius 2 is 1.72 bits per heavy atom. The molecule has 1 fully saturated rings. The first kappa shape index (κ1) is 28.9. The van der Waals surface area contributed by atoms with Gasteiger partial charge in [-0.3, -0.25) is 19.2 Å². The molecule has 1 saturated heterocycles. The molecule has 1 aromatic carbocycles. The molecule has 2 rings (SSSR count). The summed E-state index contributed by atoms with van der Waals surface area (Å²) < 4.78 is 0. The van der Waals surface area contributed by atoms with Crippen molar-refractivity contribution in [2.24, 2.45) is 5.73 Å². The average molecular weight is 525 g/mol. The number of rotatable bonds is 13. The summed E-state index contributed by atoms with van der Waals surface area (Å²) in [6.07, 6.45) is 2.27. The molecule has 1 aliphatic rings. The van der Waals surface area contributed by atoms with Crippen LogP contribution >= 0.6 is 11.8 Å². The van der Waals surface area contributed by atoms with E-state index in [0.717, 1.165) is 0 Å². The first-order valence-electron chi connectivity index (χ1n) is 11.4. The molecule has 1 aromatic rings. The van der Waals surface area contributed by atoms with E-state index in [1.807, 2.05) is 6.26 Å². The molecule has 1 aliphatic heterocycles. The molecule has 7 N–H and O–H groups in total. The third kappa shape index (κ3) is 8.41. The highest BCUT2D eigenvalue weighted by Crippen LogP contribution is 2.20. The first-order chi connectivity index (χ1) is 17.0. The Hall–Kier alpha value is -3.32. The molecule has 4 atom stereocenters. The number of nitrogens with two attached hydrogens (primary N) is 1. The minimum Gasteiger partial charge on any atom is -0.508 e. The number of benzene rings is 1. The van der Waals surface area contributed by atoms with Crippen LogP contribution in [0.4, 0.5) is 0 Å². The highest BCUT2D eigenvalue weighted by Gasteiger charge is 2.38. The van der Waals surface area contributed by atoms with Crippen LogP contribution in [0.25, 0.3) is 0 Å². The lowest BCUT2D eigenvalue weighted by molar-refractivity contribution is -0.149. The number of phenols is 1. The van der Waals surface area contributed by atoms with E-state index in [4.69, 9.17) is 10.8 Å². The van der Waals surface area contributed by atoms with Crippen molar-refractivity contribution in [3.63, 3.8) is 0 Å². The number of carbonyl (C=O) groups is 5. The second kappa shape index (κ2) is 13.7. The standard InChI is InChI=1S/C23H32N4O8S/c1-36-10-8-16(22(33)27-9-2-3-18(27)23(34)35)25-21(32)17(11-13-4-6-14(28)7-5-13)26-20(31)15(24)12-19(29)30/h4-7,15-18,28H,2-3,8-12,24H2,1H3,(H,25,32)(H,26,31)(H,29,30)(H,34,35). The quantitative estimate of drug-likeness (QED) is 0.196. The minimum atomic E-state index is -1.40. The maximum atomic E-state index is 13.3. The van der Waals surface area contributed by atoms with Gasteiger partial charge in [0.05, 0.1) is 12.5 Å². The van der Waals surface area contributed by atoms with Crippen LogP contribution in [0.2, 0.25) is 0 Å². The maximum Gasteiger partial charge on any atom is 0.326 e. The van der Waals surface area contributed by atoms with Crippen LogP contribution < -0.4 is 16.4 Å². The molecule has 1 heterocycles. The van der Waals surface area contributed by atoms with Gasteiger partial charge in [-0.05, 0) is 49.0 Å². The number of nitrogens with one attached hydrogen (secondary N) is 2. The van der Waals surface area contributed by atoms with Gasteiger partial charge in [0.15, 0.2) is 0 Å². The number of carboxylic acid groups (broad SMARTS) is 2. The van der Waals surface area contributed by atoms with Gasteiger partial charge >= 0.3 is 11.9 Å². The molecule has 0 aromatic heterocycles. The lowest BCUT2D eigenvalue weighted by atomic mass is 10.0. The predicted molar refractivity (Wildman–Crippen MR) is 131 cm³/mol. The van der Waals surface area contributed by atoms with Crippen LogP contribution in [0.1, 0.15) is 31.2 Å². The number of aromatic hydroxyl groups is 1. The van der Waals surface area contributed by atoms with Gasteiger partial charge in [-0.25, -0.2) is 4.79 Å². The minimum absolute atomic E-state index is 0.00796. The van der Waals surface area contributed by atoms with Gasteiger partial charge in [-0.1, -0.05) is 12.1 Å². The predicted octanol–water partition coefficient (Wildman–Crippen LogP) is -0.465. The van der Waals surface area contributed by atoms with Gasteiger partial charge < -0.3 is 36.6 Å². The van der Waals surface area contributed by atoms with Crippen molar-refractivity contribution >= 4 is 41.4 Å². The largest absolute Gasteiger partial charge is 0.508 e. The highest BCUT2D eigenvalue weighted by atomic mass is 32.2. The molecule has 36 heavy (non-hydrogen) atoms. The van der Waals surface area contributed by atoms with Crippen LogP contribution in [-0.2, 0) is 30.4 Å². The fraction of sp³-hybridized carbons (Fsp3) is 0.522. The van der Waals surface area contributed by atoms with E-state index < -0.39 is 60.2 Å². The molecule has 0 spiro atoms. The zero-order chi connectivity index (χ0) is 26.8. The number of hydrogen-bond acceptors (Lipinski definition) is 8. The molecule has 12 nitrogen and oxygen atoms in total. The Morgan fingerprint density at radius 1 is 1.08 bits per heavy atom. The zero-order valence-corrected chi connectivity index (χ0v) is 20.7. The molecule has 4 unspecified atom stereocenters. The van der Waals surface area contributed by atoms with Gasteiger partial charge in [0.25, 0.3) is 0 Å². The van der Waals surface area contributed by atoms with Gasteiger partial charge in [-0.2, -0.15) is 11.8 Å². The number of aliphatic carboxylic acids is 2. The molecule has 13 heteroatoms. The maximum absolute atomic E-state index is 13.3. The number of hydrogen-bond donors (Lipinski definition) is 6. The van der Waals surface area contributed by atoms with E-state index >= 15 is 0 Å². The van der Waals surface area contributed by atoms with Crippen molar-refractivity contribution < 1.29 is 39.3 Å². The molecule has 3 amide bonds. The van der Waals surface area contributed by atoms with Gasteiger partial charge in [0, 0.05) is 13.0 Å². The zero-order valence-electron chi connectivity index (χ0n) is 19.9. The second-order valence-electron chi connectivity index (χ2n) is 8.51. The highest BCUT2D eigenvalue weighted by molar-refractivity contribution is 7.98. The fourth-order valence-corrected chi connectivity index (χ4v) is 4.36. The molecule has 0 bridgehead atoms. The third-order valence-corrected chi connectivity index (χ3v) is 6.43. The van der Waals surface area contributed by atoms with Crippen LogP contribution in [0.3, 0.4) is 0 Å². The third-order valence-electron chi connectivity index (χ3n) is 5.79. The topological polar surface area (TPSA) is 199 Å². The SMILES string of the molecule is CSCCC(NC(=O)C(Cc1ccc(O)cc1)NC(=O)C(N)CC(=O)O)C(=O)N1CCCC1C(=O)O. The summed E-state index contributed by atoms with van der Waals surface area (Å²) >= 11 is 1.45. The number of amides is 3. The summed E-state index contributed by atoms with van der Waals surface area (Å²) in [5.74, 6) is -3.94. The Balaban J connectivity index is 2.24. The van der Waals surface area contributed by atoms with E-state index in [9.17, 15) is 34.2 Å². The number of nitrogens with zero attached hydrogens (tertiary/aromatic N) is 1. The Kier molecular flexibility index (Phi) is 11.0. The number of likely N-dealkylation sites (tertiary alicyclic amines) is 1. The van der Waals surface area contributed by atoms with Crippen LogP contribution in [0, 0.1) is 0 Å². The fourth-order valence-electron chi connectivity index (χ4n) is 3.89. The van der Waals surface area contributed by atoms with Crippen molar-refractivity contribution in [3.05, 3.63) is 29.8 Å². The van der Waals surface area contributed by atoms with Gasteiger partial charge in [0.1, 0.15) is 23.9 Å². The monoisotopic (exact) mass is 524 g/mol. The summed E-state index contributed by atoms with van der Waals surface area (Å²) in [4.78, 5) is 62.7. The van der Waals surface area contributed by atoms with Gasteiger partial charge in [-0.15, -0.1) is 0 Å². The summed E-state index contributed by atoms with van der Waals surface area (Å²) in [5, 5.41) is 33.0. The van der Waals surface area contributed by atoms with Crippen LogP contribution in [-0.4, -0.2) is 92.6 Å². The van der Waals surface area contributed by atoms with Crippen molar-refractivity contribution in [1.29, 1.82) is 0 Å². The number of phenolic OH excluding ortho intramolecular Hbond substituents is 1. The van der Waals surface area contributed by atoms with Gasteiger partial charge in [0.2, 0.25) is 17.7 Å². The van der Waals surface area contributed by atoms with Crippen molar-refractivity contribution in [2.75, 3.05) is 18.6 Å². The first-order valence-corrected chi connectivity index (χ1v) is 12.8. The van der Waals surface area contributed by atoms with E-state index in [1.54, 1.807) is 12.1 Å².